The summed E-state index contributed by atoms with van der Waals surface area (Å²) in [6.45, 7) is 1.62. The normalized spacial score (nSPS) is 11.1. The second-order valence-electron chi connectivity index (χ2n) is 5.19. The van der Waals surface area contributed by atoms with Crippen LogP contribution in [0.3, 0.4) is 0 Å². The zero-order chi connectivity index (χ0) is 18.9. The van der Waals surface area contributed by atoms with Gasteiger partial charge < -0.3 is 18.9 Å². The molecule has 138 valence electrons. The molecule has 2 aromatic rings. The number of nitrogens with zero attached hydrogens (tertiary/aromatic N) is 2. The smallest absolute Gasteiger partial charge is 0.325 e. The summed E-state index contributed by atoms with van der Waals surface area (Å²) in [5.41, 5.74) is 0.546. The van der Waals surface area contributed by atoms with Crippen LogP contribution in [0, 0.1) is 5.82 Å². The van der Waals surface area contributed by atoms with E-state index >= 15 is 0 Å². The summed E-state index contributed by atoms with van der Waals surface area (Å²) in [5.74, 6) is -1.35. The zero-order valence-corrected chi connectivity index (χ0v) is 14.5. The Kier molecular flexibility index (Phi) is 6.90. The Morgan fingerprint density at radius 1 is 1.23 bits per heavy atom. The van der Waals surface area contributed by atoms with E-state index in [1.165, 1.54) is 42.5 Å². The maximum absolute atomic E-state index is 13.1. The third kappa shape index (κ3) is 5.17. The molecule has 7 nitrogen and oxygen atoms in total. The van der Waals surface area contributed by atoms with Crippen LogP contribution in [0.25, 0.3) is 0 Å². The van der Waals surface area contributed by atoms with Gasteiger partial charge in [-0.15, -0.1) is 0 Å². The predicted molar refractivity (Wildman–Crippen MR) is 90.7 cm³/mol. The fourth-order valence-electron chi connectivity index (χ4n) is 2.22. The van der Waals surface area contributed by atoms with Crippen molar-refractivity contribution in [2.75, 3.05) is 20.3 Å². The van der Waals surface area contributed by atoms with E-state index in [2.05, 4.69) is 5.16 Å². The molecular weight excluding hydrogens is 343 g/mol. The van der Waals surface area contributed by atoms with Gasteiger partial charge in [0, 0.05) is 6.54 Å². The molecule has 0 spiro atoms. The molecule has 0 saturated heterocycles. The Morgan fingerprint density at radius 3 is 2.54 bits per heavy atom. The van der Waals surface area contributed by atoms with Gasteiger partial charge in [-0.05, 0) is 36.8 Å². The van der Waals surface area contributed by atoms with Crippen LogP contribution in [-0.2, 0) is 25.7 Å². The molecule has 0 aliphatic carbocycles. The van der Waals surface area contributed by atoms with Gasteiger partial charge in [0.1, 0.15) is 19.5 Å². The van der Waals surface area contributed by atoms with Gasteiger partial charge in [-0.25, -0.2) is 4.39 Å². The number of amides is 1. The van der Waals surface area contributed by atoms with Gasteiger partial charge in [0.05, 0.1) is 12.9 Å². The highest BCUT2D eigenvalue weighted by atomic mass is 19.1. The van der Waals surface area contributed by atoms with E-state index in [0.29, 0.717) is 5.56 Å². The summed E-state index contributed by atoms with van der Waals surface area (Å²) in [6.07, 6.45) is 1.39. The fraction of sp³-hybridized carbons (Fsp3) is 0.278. The SMILES string of the molecule is CCOC(=O)CN(Cc1ccc(F)cc1)C(=O)/C(=N\OC)c1ccco1. The molecule has 26 heavy (non-hydrogen) atoms. The number of esters is 1. The fourth-order valence-corrected chi connectivity index (χ4v) is 2.22. The molecule has 0 saturated carbocycles. The quantitative estimate of drug-likeness (QED) is 0.409. The summed E-state index contributed by atoms with van der Waals surface area (Å²) in [4.78, 5) is 30.8. The minimum Gasteiger partial charge on any atom is -0.465 e. The Bertz CT molecular complexity index is 756. The Labute approximate surface area is 150 Å². The lowest BCUT2D eigenvalue weighted by Gasteiger charge is -2.22. The maximum atomic E-state index is 13.1. The second-order valence-corrected chi connectivity index (χ2v) is 5.19. The van der Waals surface area contributed by atoms with Crippen molar-refractivity contribution in [2.45, 2.75) is 13.5 Å². The van der Waals surface area contributed by atoms with Gasteiger partial charge >= 0.3 is 5.97 Å². The van der Waals surface area contributed by atoms with Crippen molar-refractivity contribution in [3.8, 4) is 0 Å². The van der Waals surface area contributed by atoms with Crippen LogP contribution in [0.5, 0.6) is 0 Å². The number of carbonyl (C=O) groups excluding carboxylic acids is 2. The van der Waals surface area contributed by atoms with Crippen molar-refractivity contribution in [3.05, 3.63) is 59.8 Å². The molecule has 1 amide bonds. The first-order valence-corrected chi connectivity index (χ1v) is 7.89. The molecule has 0 radical (unpaired) electrons. The number of oxime groups is 1. The minimum absolute atomic E-state index is 0.0569. The van der Waals surface area contributed by atoms with Crippen molar-refractivity contribution in [1.29, 1.82) is 0 Å². The second kappa shape index (κ2) is 9.36. The number of rotatable bonds is 8. The molecule has 0 unspecified atom stereocenters. The molecule has 0 atom stereocenters. The van der Waals surface area contributed by atoms with Gasteiger partial charge in [0.2, 0.25) is 5.71 Å². The van der Waals surface area contributed by atoms with Gasteiger partial charge in [-0.3, -0.25) is 9.59 Å². The van der Waals surface area contributed by atoms with Gasteiger partial charge in [0.15, 0.2) is 5.76 Å². The Hall–Kier alpha value is -3.16. The number of ether oxygens (including phenoxy) is 1. The number of benzene rings is 1. The molecular formula is C18H19FN2O5. The predicted octanol–water partition coefficient (Wildman–Crippen LogP) is 2.36. The monoisotopic (exact) mass is 362 g/mol. The summed E-state index contributed by atoms with van der Waals surface area (Å²) in [6, 6.07) is 8.76. The van der Waals surface area contributed by atoms with Crippen LogP contribution < -0.4 is 0 Å². The van der Waals surface area contributed by atoms with Crippen molar-refractivity contribution in [3.63, 3.8) is 0 Å². The average Bonchev–Trinajstić information content (AvgIpc) is 3.15. The lowest BCUT2D eigenvalue weighted by Crippen LogP contribution is -2.40. The summed E-state index contributed by atoms with van der Waals surface area (Å²) in [7, 11) is 1.30. The minimum atomic E-state index is -0.584. The summed E-state index contributed by atoms with van der Waals surface area (Å²) >= 11 is 0. The standard InChI is InChI=1S/C18H19FN2O5/c1-3-25-16(22)12-21(11-13-6-8-14(19)9-7-13)18(23)17(20-24-2)15-5-4-10-26-15/h4-10H,3,11-12H2,1-2H3/b20-17-. The number of carbonyl (C=O) groups is 2. The molecule has 0 aliphatic heterocycles. The Balaban J connectivity index is 2.28. The number of furan rings is 1. The zero-order valence-electron chi connectivity index (χ0n) is 14.5. The number of halogens is 1. The summed E-state index contributed by atoms with van der Waals surface area (Å²) in [5, 5.41) is 3.72. The van der Waals surface area contributed by atoms with E-state index in [-0.39, 0.29) is 31.2 Å². The number of hydrogen-bond acceptors (Lipinski definition) is 6. The largest absolute Gasteiger partial charge is 0.465 e. The van der Waals surface area contributed by atoms with E-state index in [9.17, 15) is 14.0 Å². The van der Waals surface area contributed by atoms with Crippen molar-refractivity contribution in [1.82, 2.24) is 4.90 Å². The average molecular weight is 362 g/mol. The summed E-state index contributed by atoms with van der Waals surface area (Å²) < 4.78 is 23.2. The third-order valence-corrected chi connectivity index (χ3v) is 3.34. The van der Waals surface area contributed by atoms with Gasteiger partial charge in [-0.2, -0.15) is 0 Å². The van der Waals surface area contributed by atoms with Crippen molar-refractivity contribution in [2.24, 2.45) is 5.16 Å². The topological polar surface area (TPSA) is 81.3 Å². The van der Waals surface area contributed by atoms with Crippen LogP contribution in [-0.4, -0.2) is 42.7 Å². The van der Waals surface area contributed by atoms with E-state index < -0.39 is 17.7 Å². The first-order chi connectivity index (χ1) is 12.5. The lowest BCUT2D eigenvalue weighted by molar-refractivity contribution is -0.147. The molecule has 2 rings (SSSR count). The van der Waals surface area contributed by atoms with Crippen molar-refractivity contribution >= 4 is 17.6 Å². The van der Waals surface area contributed by atoms with E-state index in [1.807, 2.05) is 0 Å². The van der Waals surface area contributed by atoms with E-state index in [1.54, 1.807) is 19.1 Å². The first kappa shape index (κ1) is 19.2. The highest BCUT2D eigenvalue weighted by Crippen LogP contribution is 2.11. The molecule has 0 bridgehead atoms. The first-order valence-electron chi connectivity index (χ1n) is 7.89. The Morgan fingerprint density at radius 2 is 1.96 bits per heavy atom. The molecule has 0 aliphatic rings. The van der Waals surface area contributed by atoms with Crippen LogP contribution in [0.4, 0.5) is 4.39 Å². The highest BCUT2D eigenvalue weighted by molar-refractivity contribution is 6.44. The van der Waals surface area contributed by atoms with Gasteiger partial charge in [0.25, 0.3) is 5.91 Å². The maximum Gasteiger partial charge on any atom is 0.325 e. The van der Waals surface area contributed by atoms with Crippen LogP contribution in [0.1, 0.15) is 18.2 Å². The van der Waals surface area contributed by atoms with Crippen molar-refractivity contribution < 1.29 is 28.0 Å². The molecule has 1 heterocycles. The molecule has 8 heteroatoms. The molecule has 0 fully saturated rings. The van der Waals surface area contributed by atoms with E-state index in [4.69, 9.17) is 14.0 Å². The molecule has 1 aromatic heterocycles. The number of hydrogen-bond donors (Lipinski definition) is 0. The van der Waals surface area contributed by atoms with Crippen LogP contribution >= 0.6 is 0 Å². The van der Waals surface area contributed by atoms with Crippen LogP contribution in [0.15, 0.2) is 52.2 Å². The van der Waals surface area contributed by atoms with E-state index in [0.717, 1.165) is 0 Å². The highest BCUT2D eigenvalue weighted by Gasteiger charge is 2.26. The van der Waals surface area contributed by atoms with Crippen LogP contribution in [0.2, 0.25) is 0 Å². The molecule has 1 aromatic carbocycles. The lowest BCUT2D eigenvalue weighted by atomic mass is 10.2. The van der Waals surface area contributed by atoms with Gasteiger partial charge in [-0.1, -0.05) is 17.3 Å². The third-order valence-electron chi connectivity index (χ3n) is 3.34. The molecule has 0 N–H and O–H groups in total.